The third-order valence-electron chi connectivity index (χ3n) is 7.99. The van der Waals surface area contributed by atoms with E-state index in [-0.39, 0.29) is 11.9 Å². The monoisotopic (exact) mass is 553 g/mol. The number of nitrogens with one attached hydrogen (secondary N) is 1. The summed E-state index contributed by atoms with van der Waals surface area (Å²) in [5.41, 5.74) is 10.4. The third-order valence-corrected chi connectivity index (χ3v) is 7.99. The van der Waals surface area contributed by atoms with E-state index >= 15 is 0 Å². The maximum atomic E-state index is 12.7. The van der Waals surface area contributed by atoms with Gasteiger partial charge in [-0.1, -0.05) is 30.3 Å². The van der Waals surface area contributed by atoms with Crippen molar-refractivity contribution in [3.05, 3.63) is 78.4 Å². The molecule has 5 rings (SSSR count). The third kappa shape index (κ3) is 6.57. The molecule has 0 spiro atoms. The Kier molecular flexibility index (Phi) is 8.64. The fraction of sp³-hybridized carbons (Fsp3) is 0.375. The van der Waals surface area contributed by atoms with Gasteiger partial charge in [-0.3, -0.25) is 18.8 Å². The van der Waals surface area contributed by atoms with Crippen LogP contribution in [0.5, 0.6) is 0 Å². The first kappa shape index (κ1) is 28.3. The highest BCUT2D eigenvalue weighted by molar-refractivity contribution is 6.03. The van der Waals surface area contributed by atoms with Crippen molar-refractivity contribution in [1.82, 2.24) is 29.5 Å². The van der Waals surface area contributed by atoms with Crippen LogP contribution in [0.25, 0.3) is 28.2 Å². The summed E-state index contributed by atoms with van der Waals surface area (Å²) in [6, 6.07) is 16.3. The first-order valence-corrected chi connectivity index (χ1v) is 14.3. The number of benzene rings is 2. The number of hydrogen-bond donors (Lipinski definition) is 2. The molecule has 0 bridgehead atoms. The molecule has 1 aliphatic rings. The molecule has 0 unspecified atom stereocenters. The Morgan fingerprint density at radius 3 is 2.44 bits per heavy atom. The summed E-state index contributed by atoms with van der Waals surface area (Å²) >= 11 is 0. The normalized spacial score (nSPS) is 17.1. The number of para-hydroxylation sites is 1. The lowest BCUT2D eigenvalue weighted by molar-refractivity contribution is -0.122. The van der Waals surface area contributed by atoms with Gasteiger partial charge < -0.3 is 16.0 Å². The molecule has 9 nitrogen and oxygen atoms in total. The second kappa shape index (κ2) is 12.5. The number of imidazole rings is 1. The highest BCUT2D eigenvalue weighted by Crippen LogP contribution is 2.36. The standard InChI is InChI=1S/C32H39N7O2/c1-37(2)25-17-15-23(16-18-25)35-29(40)14-7-9-24-21-39(26-10-5-4-6-11-26)32(36-24)30-27(22-19-34-38(3)20-22)12-8-13-28(30)31(33)41/h4-6,8,10-13,19-21,23,25H,7,9,14-18H2,1-3H3,(H2,33,41)(H,35,40). The molecule has 0 aliphatic heterocycles. The Balaban J connectivity index is 1.38. The lowest BCUT2D eigenvalue weighted by Gasteiger charge is -2.33. The van der Waals surface area contributed by atoms with Crippen molar-refractivity contribution >= 4 is 11.8 Å². The highest BCUT2D eigenvalue weighted by Gasteiger charge is 2.24. The predicted octanol–water partition coefficient (Wildman–Crippen LogP) is 4.35. The van der Waals surface area contributed by atoms with Crippen molar-refractivity contribution in [2.75, 3.05) is 14.1 Å². The molecule has 0 saturated heterocycles. The number of amides is 2. The van der Waals surface area contributed by atoms with Crippen LogP contribution < -0.4 is 11.1 Å². The van der Waals surface area contributed by atoms with Crippen molar-refractivity contribution in [1.29, 1.82) is 0 Å². The summed E-state index contributed by atoms with van der Waals surface area (Å²) in [7, 11) is 6.11. The quantitative estimate of drug-likeness (QED) is 0.303. The second-order valence-corrected chi connectivity index (χ2v) is 11.1. The fourth-order valence-corrected chi connectivity index (χ4v) is 5.78. The van der Waals surface area contributed by atoms with Gasteiger partial charge in [-0.2, -0.15) is 5.10 Å². The van der Waals surface area contributed by atoms with Gasteiger partial charge in [0.05, 0.1) is 17.5 Å². The molecule has 0 radical (unpaired) electrons. The Morgan fingerprint density at radius 1 is 1.02 bits per heavy atom. The fourth-order valence-electron chi connectivity index (χ4n) is 5.78. The number of rotatable bonds is 10. The summed E-state index contributed by atoms with van der Waals surface area (Å²) in [4.78, 5) is 32.7. The number of carbonyl (C=O) groups is 2. The molecule has 4 aromatic rings. The predicted molar refractivity (Wildman–Crippen MR) is 161 cm³/mol. The molecule has 214 valence electrons. The van der Waals surface area contributed by atoms with Crippen molar-refractivity contribution in [2.45, 2.75) is 57.0 Å². The van der Waals surface area contributed by atoms with Gasteiger partial charge in [0.25, 0.3) is 0 Å². The Morgan fingerprint density at radius 2 is 1.78 bits per heavy atom. The van der Waals surface area contributed by atoms with Crippen LogP contribution in [0.4, 0.5) is 0 Å². The van der Waals surface area contributed by atoms with Gasteiger partial charge in [0.2, 0.25) is 11.8 Å². The van der Waals surface area contributed by atoms with E-state index < -0.39 is 5.91 Å². The maximum Gasteiger partial charge on any atom is 0.249 e. The number of nitrogens with zero attached hydrogens (tertiary/aromatic N) is 5. The molecule has 2 aromatic heterocycles. The van der Waals surface area contributed by atoms with Crippen molar-refractivity contribution in [3.8, 4) is 28.2 Å². The van der Waals surface area contributed by atoms with Crippen LogP contribution in [-0.4, -0.2) is 62.2 Å². The minimum absolute atomic E-state index is 0.0963. The molecule has 2 heterocycles. The SMILES string of the molecule is CN(C)C1CCC(NC(=O)CCCc2cn(-c3ccccc3)c(-c3c(C(N)=O)cccc3-c3cnn(C)c3)n2)CC1. The molecular weight excluding hydrogens is 514 g/mol. The molecular formula is C32H39N7O2. The van der Waals surface area contributed by atoms with Gasteiger partial charge in [-0.15, -0.1) is 0 Å². The van der Waals surface area contributed by atoms with Gasteiger partial charge in [-0.05, 0) is 76.4 Å². The number of aromatic nitrogens is 4. The van der Waals surface area contributed by atoms with Gasteiger partial charge >= 0.3 is 0 Å². The number of primary amides is 1. The van der Waals surface area contributed by atoms with Crippen LogP contribution in [-0.2, 0) is 18.3 Å². The molecule has 2 aromatic carbocycles. The molecule has 3 N–H and O–H groups in total. The lowest BCUT2D eigenvalue weighted by Crippen LogP contribution is -2.41. The number of hydrogen-bond acceptors (Lipinski definition) is 5. The van der Waals surface area contributed by atoms with Gasteiger partial charge in [0.1, 0.15) is 5.82 Å². The van der Waals surface area contributed by atoms with Crippen molar-refractivity contribution in [3.63, 3.8) is 0 Å². The van der Waals surface area contributed by atoms with Crippen LogP contribution in [0.2, 0.25) is 0 Å². The first-order chi connectivity index (χ1) is 19.8. The van der Waals surface area contributed by atoms with E-state index in [0.29, 0.717) is 42.3 Å². The molecule has 9 heteroatoms. The van der Waals surface area contributed by atoms with E-state index in [1.807, 2.05) is 66.5 Å². The van der Waals surface area contributed by atoms with Crippen LogP contribution in [0, 0.1) is 0 Å². The average molecular weight is 554 g/mol. The molecule has 1 aliphatic carbocycles. The van der Waals surface area contributed by atoms with Gasteiger partial charge in [0, 0.05) is 54.8 Å². The van der Waals surface area contributed by atoms with Crippen LogP contribution >= 0.6 is 0 Å². The average Bonchev–Trinajstić information content (AvgIpc) is 3.59. The molecule has 1 saturated carbocycles. The number of nitrogens with two attached hydrogens (primary N) is 1. The van der Waals surface area contributed by atoms with Crippen molar-refractivity contribution in [2.24, 2.45) is 12.8 Å². The van der Waals surface area contributed by atoms with E-state index in [2.05, 4.69) is 29.4 Å². The van der Waals surface area contributed by atoms with E-state index in [4.69, 9.17) is 10.7 Å². The number of aryl methyl sites for hydroxylation is 2. The molecule has 2 amide bonds. The zero-order valence-electron chi connectivity index (χ0n) is 24.1. The molecule has 0 atom stereocenters. The summed E-state index contributed by atoms with van der Waals surface area (Å²) in [6.07, 6.45) is 11.7. The Labute approximate surface area is 241 Å². The Bertz CT molecular complexity index is 1500. The van der Waals surface area contributed by atoms with Gasteiger partial charge in [0.15, 0.2) is 0 Å². The van der Waals surface area contributed by atoms with Crippen LogP contribution in [0.15, 0.2) is 67.1 Å². The van der Waals surface area contributed by atoms with E-state index in [1.54, 1.807) is 16.9 Å². The minimum atomic E-state index is -0.522. The van der Waals surface area contributed by atoms with E-state index in [0.717, 1.165) is 48.2 Å². The van der Waals surface area contributed by atoms with Crippen molar-refractivity contribution < 1.29 is 9.59 Å². The Hall–Kier alpha value is -4.24. The van der Waals surface area contributed by atoms with Crippen LogP contribution in [0.1, 0.15) is 54.6 Å². The largest absolute Gasteiger partial charge is 0.366 e. The topological polar surface area (TPSA) is 111 Å². The molecule has 41 heavy (non-hydrogen) atoms. The number of carbonyl (C=O) groups excluding carboxylic acids is 2. The second-order valence-electron chi connectivity index (χ2n) is 11.1. The zero-order valence-corrected chi connectivity index (χ0v) is 24.1. The highest BCUT2D eigenvalue weighted by atomic mass is 16.2. The summed E-state index contributed by atoms with van der Waals surface area (Å²) in [5.74, 6) is 0.201. The van der Waals surface area contributed by atoms with E-state index in [9.17, 15) is 9.59 Å². The maximum absolute atomic E-state index is 12.7. The smallest absolute Gasteiger partial charge is 0.249 e. The first-order valence-electron chi connectivity index (χ1n) is 14.3. The van der Waals surface area contributed by atoms with Crippen LogP contribution in [0.3, 0.4) is 0 Å². The summed E-state index contributed by atoms with van der Waals surface area (Å²) in [5, 5.41) is 7.57. The zero-order chi connectivity index (χ0) is 28.9. The minimum Gasteiger partial charge on any atom is -0.366 e. The lowest BCUT2D eigenvalue weighted by atomic mass is 9.90. The summed E-state index contributed by atoms with van der Waals surface area (Å²) < 4.78 is 3.73. The van der Waals surface area contributed by atoms with Gasteiger partial charge in [-0.25, -0.2) is 4.98 Å². The summed E-state index contributed by atoms with van der Waals surface area (Å²) in [6.45, 7) is 0. The molecule has 1 fully saturated rings. The van der Waals surface area contributed by atoms with E-state index in [1.165, 1.54) is 0 Å².